The summed E-state index contributed by atoms with van der Waals surface area (Å²) in [6.45, 7) is 21.0. The van der Waals surface area contributed by atoms with Crippen molar-refractivity contribution in [3.05, 3.63) is 42.3 Å². The fourth-order valence-electron chi connectivity index (χ4n) is 7.63. The van der Waals surface area contributed by atoms with E-state index < -0.39 is 11.2 Å². The lowest BCUT2D eigenvalue weighted by molar-refractivity contribution is -0.0709. The Morgan fingerprint density at radius 3 is 1.88 bits per heavy atom. The van der Waals surface area contributed by atoms with Crippen molar-refractivity contribution in [2.75, 3.05) is 44.2 Å². The van der Waals surface area contributed by atoms with E-state index in [1.165, 1.54) is 6.33 Å². The summed E-state index contributed by atoms with van der Waals surface area (Å²) in [5.41, 5.74) is 0.623. The van der Waals surface area contributed by atoms with Gasteiger partial charge in [0.25, 0.3) is 0 Å². The molecule has 8 heterocycles. The zero-order valence-corrected chi connectivity index (χ0v) is 31.7. The molecule has 14 nitrogen and oxygen atoms in total. The Kier molecular flexibility index (Phi) is 9.88. The maximum atomic E-state index is 12.6. The fraction of sp³-hybridized carbons (Fsp3) is 0.611. The van der Waals surface area contributed by atoms with Crippen LogP contribution in [-0.2, 0) is 9.47 Å². The highest BCUT2D eigenvalue weighted by molar-refractivity contribution is 6.33. The summed E-state index contributed by atoms with van der Waals surface area (Å²) in [6.07, 6.45) is 8.31. The lowest BCUT2D eigenvalue weighted by Crippen LogP contribution is -2.69. The van der Waals surface area contributed by atoms with Gasteiger partial charge in [0.1, 0.15) is 46.1 Å². The van der Waals surface area contributed by atoms with Crippen molar-refractivity contribution in [1.29, 1.82) is 0 Å². The molecule has 4 aromatic heterocycles. The molecule has 0 aromatic carbocycles. The number of fused-ring (bicyclic) bond motifs is 2. The molecule has 3 N–H and O–H groups in total. The summed E-state index contributed by atoms with van der Waals surface area (Å²) in [4.78, 5) is 53.3. The first-order valence-corrected chi connectivity index (χ1v) is 18.1. The van der Waals surface area contributed by atoms with Crippen molar-refractivity contribution in [2.24, 2.45) is 11.8 Å². The number of aromatic nitrogens is 6. The highest BCUT2D eigenvalue weighted by Gasteiger charge is 2.58. The lowest BCUT2D eigenvalue weighted by atomic mass is 9.74. The van der Waals surface area contributed by atoms with Crippen molar-refractivity contribution in [1.82, 2.24) is 45.0 Å². The van der Waals surface area contributed by atoms with Gasteiger partial charge in [-0.3, -0.25) is 4.90 Å². The Bertz CT molecular complexity index is 1860. The summed E-state index contributed by atoms with van der Waals surface area (Å²) in [7, 11) is 0. The molecule has 2 spiro atoms. The average molecular weight is 723 g/mol. The molecule has 8 rings (SSSR count). The smallest absolute Gasteiger partial charge is 0.410 e. The molecule has 0 radical (unpaired) electrons. The molecule has 4 fully saturated rings. The molecule has 51 heavy (non-hydrogen) atoms. The predicted molar refractivity (Wildman–Crippen MR) is 197 cm³/mol. The summed E-state index contributed by atoms with van der Waals surface area (Å²) >= 11 is 5.73. The van der Waals surface area contributed by atoms with E-state index in [1.54, 1.807) is 12.5 Å². The SMILES string of the molecule is CC1CN(C(=O)OC(C)(C)C)C12CCN(c1ncnc3[nH]ccc13)C2.CC1CN(C(=O)OC(C)(C)C)C12CCNC2.Clc1ncnc2[nH]ccc12. The van der Waals surface area contributed by atoms with E-state index in [-0.39, 0.29) is 23.3 Å². The molecule has 4 aliphatic heterocycles. The Morgan fingerprint density at radius 2 is 1.35 bits per heavy atom. The molecule has 0 bridgehead atoms. The quantitative estimate of drug-likeness (QED) is 0.199. The summed E-state index contributed by atoms with van der Waals surface area (Å²) in [6, 6.07) is 3.85. The van der Waals surface area contributed by atoms with E-state index in [0.29, 0.717) is 17.0 Å². The number of rotatable bonds is 1. The van der Waals surface area contributed by atoms with Crippen molar-refractivity contribution in [3.63, 3.8) is 0 Å². The van der Waals surface area contributed by atoms with Crippen LogP contribution in [0.3, 0.4) is 0 Å². The van der Waals surface area contributed by atoms with Crippen LogP contribution in [0.4, 0.5) is 15.4 Å². The second-order valence-electron chi connectivity index (χ2n) is 16.1. The van der Waals surface area contributed by atoms with Gasteiger partial charge in [-0.05, 0) is 84.9 Å². The molecule has 0 saturated carbocycles. The number of anilines is 1. The molecule has 4 aromatic rings. The van der Waals surface area contributed by atoms with Crippen LogP contribution in [0.25, 0.3) is 22.1 Å². The zero-order valence-electron chi connectivity index (χ0n) is 30.9. The van der Waals surface area contributed by atoms with E-state index in [9.17, 15) is 9.59 Å². The first kappa shape index (κ1) is 36.6. The van der Waals surface area contributed by atoms with E-state index >= 15 is 0 Å². The molecule has 0 aliphatic carbocycles. The van der Waals surface area contributed by atoms with Crippen molar-refractivity contribution in [3.8, 4) is 0 Å². The molecule has 4 aliphatic rings. The number of nitrogens with zero attached hydrogens (tertiary/aromatic N) is 7. The van der Waals surface area contributed by atoms with E-state index in [1.807, 2.05) is 69.7 Å². The minimum atomic E-state index is -0.473. The van der Waals surface area contributed by atoms with Crippen LogP contribution in [0.5, 0.6) is 0 Å². The van der Waals surface area contributed by atoms with Gasteiger partial charge in [-0.15, -0.1) is 0 Å². The first-order valence-electron chi connectivity index (χ1n) is 17.7. The maximum absolute atomic E-state index is 12.6. The topological polar surface area (TPSA) is 157 Å². The van der Waals surface area contributed by atoms with Gasteiger partial charge in [-0.25, -0.2) is 29.5 Å². The number of ether oxygens (including phenoxy) is 2. The van der Waals surface area contributed by atoms with Gasteiger partial charge in [0, 0.05) is 45.1 Å². The minimum absolute atomic E-state index is 0.0301. The number of amides is 2. The molecule has 2 amide bonds. The molecule has 4 saturated heterocycles. The predicted octanol–water partition coefficient (Wildman–Crippen LogP) is 6.01. The Balaban J connectivity index is 0.000000146. The summed E-state index contributed by atoms with van der Waals surface area (Å²) in [5, 5.41) is 5.72. The monoisotopic (exact) mass is 722 g/mol. The second kappa shape index (κ2) is 13.8. The Hall–Kier alpha value is -4.17. The Labute approximate surface area is 304 Å². The number of H-pyrrole nitrogens is 2. The van der Waals surface area contributed by atoms with Gasteiger partial charge in [0.15, 0.2) is 0 Å². The highest BCUT2D eigenvalue weighted by Crippen LogP contribution is 2.46. The van der Waals surface area contributed by atoms with Crippen molar-refractivity contribution >= 4 is 51.7 Å². The molecule has 276 valence electrons. The van der Waals surface area contributed by atoms with Crippen LogP contribution in [0.1, 0.15) is 68.2 Å². The third kappa shape index (κ3) is 7.30. The summed E-state index contributed by atoms with van der Waals surface area (Å²) < 4.78 is 11.0. The molecular weight excluding hydrogens is 672 g/mol. The number of nitrogens with one attached hydrogen (secondary N) is 3. The summed E-state index contributed by atoms with van der Waals surface area (Å²) in [5.74, 6) is 1.97. The molecule has 15 heteroatoms. The maximum Gasteiger partial charge on any atom is 0.410 e. The fourth-order valence-corrected chi connectivity index (χ4v) is 7.82. The van der Waals surface area contributed by atoms with Gasteiger partial charge < -0.3 is 34.6 Å². The van der Waals surface area contributed by atoms with Crippen LogP contribution >= 0.6 is 11.6 Å². The Morgan fingerprint density at radius 1 is 0.804 bits per heavy atom. The van der Waals surface area contributed by atoms with Crippen molar-refractivity contribution in [2.45, 2.75) is 90.5 Å². The second-order valence-corrected chi connectivity index (χ2v) is 16.5. The highest BCUT2D eigenvalue weighted by atomic mass is 35.5. The van der Waals surface area contributed by atoms with Gasteiger partial charge in [0.2, 0.25) is 0 Å². The van der Waals surface area contributed by atoms with Crippen LogP contribution in [0, 0.1) is 11.8 Å². The number of aromatic amines is 2. The van der Waals surface area contributed by atoms with Gasteiger partial charge in [0.05, 0.1) is 21.9 Å². The van der Waals surface area contributed by atoms with Gasteiger partial charge in [-0.2, -0.15) is 0 Å². The van der Waals surface area contributed by atoms with Crippen LogP contribution in [0.15, 0.2) is 37.2 Å². The zero-order chi connectivity index (χ0) is 36.8. The van der Waals surface area contributed by atoms with Gasteiger partial charge in [-0.1, -0.05) is 25.4 Å². The van der Waals surface area contributed by atoms with E-state index in [2.05, 4.69) is 54.0 Å². The number of hydrogen-bond acceptors (Lipinski definition) is 10. The number of hydrogen-bond donors (Lipinski definition) is 3. The molecule has 4 unspecified atom stereocenters. The van der Waals surface area contributed by atoms with Crippen LogP contribution < -0.4 is 10.2 Å². The number of carbonyl (C=O) groups is 2. The number of halogens is 1. The van der Waals surface area contributed by atoms with Gasteiger partial charge >= 0.3 is 12.2 Å². The normalized spacial score (nSPS) is 25.6. The standard InChI is InChI=1S/C18H25N5O2.C12H22N2O2.C6H4ClN3/c1-12-9-23(16(24)25-17(2,3)4)18(12)6-8-22(10-18)15-13-5-7-19-14(13)20-11-21-15;1-9-7-14(10(15)16-11(2,3)4)12(9)5-6-13-8-12;7-5-4-1-2-8-6(4)10-3-9-5/h5,7,11-12H,6,8-10H2,1-4H3,(H,19,20,21);9,13H,5-8H2,1-4H3;1-3H,(H,8,9,10). The first-order chi connectivity index (χ1) is 24.0. The van der Waals surface area contributed by atoms with Crippen LogP contribution in [0.2, 0.25) is 5.15 Å². The van der Waals surface area contributed by atoms with Crippen LogP contribution in [-0.4, -0.2) is 113 Å². The van der Waals surface area contributed by atoms with E-state index in [0.717, 1.165) is 80.0 Å². The van der Waals surface area contributed by atoms with E-state index in [4.69, 9.17) is 21.1 Å². The minimum Gasteiger partial charge on any atom is -0.444 e. The van der Waals surface area contributed by atoms with Crippen molar-refractivity contribution < 1.29 is 19.1 Å². The molecule has 4 atom stereocenters. The number of likely N-dealkylation sites (tertiary alicyclic amines) is 2. The third-order valence-corrected chi connectivity index (χ3v) is 10.7. The third-order valence-electron chi connectivity index (χ3n) is 10.4. The average Bonchev–Trinajstić information content (AvgIpc) is 3.88. The lowest BCUT2D eigenvalue weighted by Gasteiger charge is -2.55. The molecular formula is C36H51ClN10O4. The number of carbonyl (C=O) groups excluding carboxylic acids is 2. The largest absolute Gasteiger partial charge is 0.444 e.